The highest BCUT2D eigenvalue weighted by atomic mass is 15.1. The Morgan fingerprint density at radius 1 is 0.760 bits per heavy atom. The molecule has 2 bridgehead atoms. The van der Waals surface area contributed by atoms with E-state index in [2.05, 4.69) is 165 Å². The Morgan fingerprint density at radius 3 is 2.36 bits per heavy atom. The Balaban J connectivity index is 1.14. The van der Waals surface area contributed by atoms with Crippen molar-refractivity contribution in [1.29, 1.82) is 0 Å². The van der Waals surface area contributed by atoms with Crippen molar-refractivity contribution < 1.29 is 0 Å². The fourth-order valence-corrected chi connectivity index (χ4v) is 7.41. The standard InChI is InChI=1S/C46H38N4/c1-3-9-32(28-41-22-16-30-10-4-7-15-40(24-30)50(41)2)34-13-8-14-37(26-34)44-47-45(38-20-17-31-11-5-6-12-33(31)25-38)49-46(48-44)39-21-23-42-35(27-39)18-19-36-29-43(36)42/h4-23,25-28,36,43H,3,24,29H2,1-2H3/b32-9-,41-28-. The molecule has 0 amide bonds. The molecule has 9 rings (SSSR count). The lowest BCUT2D eigenvalue weighted by Crippen LogP contribution is -2.15. The zero-order valence-electron chi connectivity index (χ0n) is 28.4. The van der Waals surface area contributed by atoms with Gasteiger partial charge in [-0.2, -0.15) is 0 Å². The molecule has 4 nitrogen and oxygen atoms in total. The molecule has 0 radical (unpaired) electrons. The summed E-state index contributed by atoms with van der Waals surface area (Å²) in [5.41, 5.74) is 11.7. The SMILES string of the molecule is CC/C=C(/C=C1/C=CC2=CC=CC=C(C2)N1C)c1cccc(-c2nc(-c3ccc4c(c3)C=CC3CC43)nc(-c3ccc4ccccc4c3)n2)c1. The second-order valence-electron chi connectivity index (χ2n) is 13.6. The molecule has 5 aromatic rings. The van der Waals surface area contributed by atoms with Crippen LogP contribution in [0.25, 0.3) is 56.6 Å². The molecule has 4 heteroatoms. The zero-order valence-corrected chi connectivity index (χ0v) is 28.4. The molecule has 50 heavy (non-hydrogen) atoms. The van der Waals surface area contributed by atoms with Crippen LogP contribution >= 0.6 is 0 Å². The van der Waals surface area contributed by atoms with Crippen molar-refractivity contribution in [1.82, 2.24) is 19.9 Å². The average molecular weight is 647 g/mol. The molecule has 242 valence electrons. The van der Waals surface area contributed by atoms with Crippen molar-refractivity contribution in [2.24, 2.45) is 5.92 Å². The quantitative estimate of drug-likeness (QED) is 0.184. The van der Waals surface area contributed by atoms with Gasteiger partial charge in [0.1, 0.15) is 0 Å². The Morgan fingerprint density at radius 2 is 1.52 bits per heavy atom. The minimum Gasteiger partial charge on any atom is -0.348 e. The molecule has 4 aliphatic rings. The van der Waals surface area contributed by atoms with Crippen molar-refractivity contribution in [3.05, 3.63) is 173 Å². The van der Waals surface area contributed by atoms with Crippen LogP contribution in [0.2, 0.25) is 0 Å². The van der Waals surface area contributed by atoms with Gasteiger partial charge in [0.25, 0.3) is 0 Å². The summed E-state index contributed by atoms with van der Waals surface area (Å²) in [6, 6.07) is 30.2. The first-order chi connectivity index (χ1) is 24.6. The summed E-state index contributed by atoms with van der Waals surface area (Å²) in [7, 11) is 2.16. The van der Waals surface area contributed by atoms with E-state index in [0.29, 0.717) is 29.3 Å². The lowest BCUT2D eigenvalue weighted by Gasteiger charge is -2.22. The Labute approximate surface area is 294 Å². The highest BCUT2D eigenvalue weighted by Crippen LogP contribution is 2.53. The van der Waals surface area contributed by atoms with Crippen molar-refractivity contribution in [3.8, 4) is 34.2 Å². The fraction of sp³-hybridized carbons (Fsp3) is 0.152. The van der Waals surface area contributed by atoms with Gasteiger partial charge in [-0.1, -0.05) is 116 Å². The molecular weight excluding hydrogens is 609 g/mol. The van der Waals surface area contributed by atoms with Crippen LogP contribution in [-0.4, -0.2) is 26.9 Å². The van der Waals surface area contributed by atoms with E-state index in [1.807, 2.05) is 0 Å². The summed E-state index contributed by atoms with van der Waals surface area (Å²) in [5, 5.41) is 2.36. The number of fused-ring (bicyclic) bond motifs is 6. The topological polar surface area (TPSA) is 41.9 Å². The van der Waals surface area contributed by atoms with Gasteiger partial charge in [-0.25, -0.2) is 15.0 Å². The summed E-state index contributed by atoms with van der Waals surface area (Å²) < 4.78 is 0. The number of hydrogen-bond acceptors (Lipinski definition) is 4. The Bertz CT molecular complexity index is 2400. The summed E-state index contributed by atoms with van der Waals surface area (Å²) >= 11 is 0. The molecule has 2 heterocycles. The Kier molecular flexibility index (Phi) is 7.58. The van der Waals surface area contributed by atoms with Gasteiger partial charge in [0.05, 0.1) is 0 Å². The minimum atomic E-state index is 0.664. The first-order valence-electron chi connectivity index (χ1n) is 17.7. The molecule has 0 spiro atoms. The molecule has 1 aliphatic heterocycles. The van der Waals surface area contributed by atoms with Gasteiger partial charge in [0.2, 0.25) is 0 Å². The molecule has 1 fully saturated rings. The first kappa shape index (κ1) is 30.2. The first-order valence-corrected chi connectivity index (χ1v) is 17.7. The molecule has 0 N–H and O–H groups in total. The predicted molar refractivity (Wildman–Crippen MR) is 207 cm³/mol. The van der Waals surface area contributed by atoms with Crippen LogP contribution in [0.1, 0.15) is 48.8 Å². The molecule has 3 aliphatic carbocycles. The van der Waals surface area contributed by atoms with Crippen LogP contribution in [0.3, 0.4) is 0 Å². The van der Waals surface area contributed by atoms with Gasteiger partial charge in [-0.05, 0) is 99.7 Å². The van der Waals surface area contributed by atoms with Gasteiger partial charge >= 0.3 is 0 Å². The lowest BCUT2D eigenvalue weighted by molar-refractivity contribution is 0.527. The third-order valence-electron chi connectivity index (χ3n) is 10.3. The number of likely N-dealkylation sites (N-methyl/N-ethyl adjacent to an activating group) is 1. The van der Waals surface area contributed by atoms with E-state index in [1.54, 1.807) is 0 Å². The van der Waals surface area contributed by atoms with E-state index < -0.39 is 0 Å². The number of benzene rings is 4. The van der Waals surface area contributed by atoms with Crippen molar-refractivity contribution in [2.45, 2.75) is 32.1 Å². The number of allylic oxidation sites excluding steroid dienone is 11. The summed E-state index contributed by atoms with van der Waals surface area (Å²) in [6.07, 6.45) is 25.4. The van der Waals surface area contributed by atoms with Crippen LogP contribution in [0, 0.1) is 5.92 Å². The monoisotopic (exact) mass is 646 g/mol. The lowest BCUT2D eigenvalue weighted by atomic mass is 9.95. The molecule has 4 aromatic carbocycles. The number of aromatic nitrogens is 3. The van der Waals surface area contributed by atoms with E-state index in [9.17, 15) is 0 Å². The maximum absolute atomic E-state index is 5.15. The summed E-state index contributed by atoms with van der Waals surface area (Å²) in [4.78, 5) is 17.7. The van der Waals surface area contributed by atoms with E-state index in [4.69, 9.17) is 15.0 Å². The highest BCUT2D eigenvalue weighted by molar-refractivity contribution is 5.87. The van der Waals surface area contributed by atoms with E-state index in [1.165, 1.54) is 39.8 Å². The zero-order chi connectivity index (χ0) is 33.6. The predicted octanol–water partition coefficient (Wildman–Crippen LogP) is 11.1. The van der Waals surface area contributed by atoms with Gasteiger partial charge in [0, 0.05) is 41.6 Å². The van der Waals surface area contributed by atoms with Gasteiger partial charge < -0.3 is 4.90 Å². The Hall–Kier alpha value is -5.87. The normalized spacial score (nSPS) is 19.8. The molecule has 2 unspecified atom stereocenters. The second kappa shape index (κ2) is 12.5. The van der Waals surface area contributed by atoms with E-state index in [-0.39, 0.29) is 0 Å². The average Bonchev–Trinajstić information content (AvgIpc) is 4.01. The van der Waals surface area contributed by atoms with E-state index >= 15 is 0 Å². The smallest absolute Gasteiger partial charge is 0.164 e. The number of rotatable bonds is 6. The van der Waals surface area contributed by atoms with Gasteiger partial charge in [-0.15, -0.1) is 0 Å². The van der Waals surface area contributed by atoms with E-state index in [0.717, 1.165) is 46.2 Å². The van der Waals surface area contributed by atoms with Crippen LogP contribution in [0.5, 0.6) is 0 Å². The van der Waals surface area contributed by atoms with Crippen LogP contribution in [0.15, 0.2) is 157 Å². The molecule has 1 saturated carbocycles. The molecule has 2 atom stereocenters. The highest BCUT2D eigenvalue weighted by Gasteiger charge is 2.39. The number of hydrogen-bond donors (Lipinski definition) is 0. The largest absolute Gasteiger partial charge is 0.348 e. The van der Waals surface area contributed by atoms with Crippen molar-refractivity contribution in [3.63, 3.8) is 0 Å². The van der Waals surface area contributed by atoms with Crippen molar-refractivity contribution >= 4 is 22.4 Å². The maximum atomic E-state index is 5.15. The summed E-state index contributed by atoms with van der Waals surface area (Å²) in [6.45, 7) is 2.19. The van der Waals surface area contributed by atoms with Gasteiger partial charge in [-0.3, -0.25) is 0 Å². The van der Waals surface area contributed by atoms with Gasteiger partial charge in [0.15, 0.2) is 17.5 Å². The van der Waals surface area contributed by atoms with Crippen molar-refractivity contribution in [2.75, 3.05) is 7.05 Å². The third kappa shape index (κ3) is 5.77. The maximum Gasteiger partial charge on any atom is 0.164 e. The minimum absolute atomic E-state index is 0.664. The third-order valence-corrected chi connectivity index (χ3v) is 10.3. The fourth-order valence-electron chi connectivity index (χ4n) is 7.41. The molecule has 0 saturated heterocycles. The molecule has 1 aromatic heterocycles. The summed E-state index contributed by atoms with van der Waals surface area (Å²) in [5.74, 6) is 3.40. The second-order valence-corrected chi connectivity index (χ2v) is 13.6. The molecular formula is C46H38N4. The van der Waals surface area contributed by atoms with Crippen LogP contribution in [-0.2, 0) is 0 Å². The van der Waals surface area contributed by atoms with Crippen LogP contribution < -0.4 is 0 Å². The number of nitrogens with zero attached hydrogens (tertiary/aromatic N) is 4. The van der Waals surface area contributed by atoms with Crippen LogP contribution in [0.4, 0.5) is 0 Å².